The predicted octanol–water partition coefficient (Wildman–Crippen LogP) is 1.13. The number of aromatic nitrogens is 3. The van der Waals surface area contributed by atoms with Gasteiger partial charge in [0.05, 0.1) is 29.8 Å². The van der Waals surface area contributed by atoms with E-state index in [-0.39, 0.29) is 0 Å². The lowest BCUT2D eigenvalue weighted by Crippen LogP contribution is -2.02. The lowest BCUT2D eigenvalue weighted by molar-refractivity contribution is 0.998. The van der Waals surface area contributed by atoms with Gasteiger partial charge >= 0.3 is 0 Å². The van der Waals surface area contributed by atoms with Crippen LogP contribution in [0.15, 0.2) is 23.8 Å². The molecule has 0 spiro atoms. The molecular formula is C8H9N5S. The lowest BCUT2D eigenvalue weighted by atomic mass is 10.3. The molecule has 6 heteroatoms. The molecule has 0 fully saturated rings. The third-order valence-electron chi connectivity index (χ3n) is 1.72. The summed E-state index contributed by atoms with van der Waals surface area (Å²) < 4.78 is 3.76. The van der Waals surface area contributed by atoms with E-state index >= 15 is 0 Å². The minimum atomic E-state index is 0.630. The minimum Gasteiger partial charge on any atom is -0.396 e. The number of hydrogen-bond donors (Lipinski definition) is 2. The maximum atomic E-state index is 5.70. The molecule has 14 heavy (non-hydrogen) atoms. The van der Waals surface area contributed by atoms with Crippen molar-refractivity contribution in [2.45, 2.75) is 6.54 Å². The fourth-order valence-electron chi connectivity index (χ4n) is 1.01. The van der Waals surface area contributed by atoms with E-state index < -0.39 is 0 Å². The lowest BCUT2D eigenvalue weighted by Gasteiger charge is -2.05. The molecule has 72 valence electrons. The van der Waals surface area contributed by atoms with Crippen molar-refractivity contribution in [3.8, 4) is 0 Å². The summed E-state index contributed by atoms with van der Waals surface area (Å²) in [7, 11) is 0. The monoisotopic (exact) mass is 207 g/mol. The molecule has 0 aromatic carbocycles. The first-order chi connectivity index (χ1) is 6.86. The molecule has 0 aliphatic rings. The van der Waals surface area contributed by atoms with Crippen LogP contribution in [0.25, 0.3) is 0 Å². The highest BCUT2D eigenvalue weighted by Gasteiger charge is 1.99. The van der Waals surface area contributed by atoms with E-state index in [1.165, 1.54) is 11.5 Å². The van der Waals surface area contributed by atoms with Crippen LogP contribution in [0.5, 0.6) is 0 Å². The zero-order valence-corrected chi connectivity index (χ0v) is 8.16. The van der Waals surface area contributed by atoms with Gasteiger partial charge in [-0.1, -0.05) is 4.49 Å². The molecule has 0 unspecified atom stereocenters. The Morgan fingerprint density at radius 1 is 1.50 bits per heavy atom. The van der Waals surface area contributed by atoms with Crippen molar-refractivity contribution in [3.63, 3.8) is 0 Å². The SMILES string of the molecule is Nc1cnccc1NCc1csnn1. The molecule has 2 aromatic rings. The molecule has 0 atom stereocenters. The van der Waals surface area contributed by atoms with Crippen LogP contribution in [-0.4, -0.2) is 14.6 Å². The number of nitrogens with one attached hydrogen (secondary N) is 1. The van der Waals surface area contributed by atoms with Crippen LogP contribution in [0.2, 0.25) is 0 Å². The van der Waals surface area contributed by atoms with Gasteiger partial charge < -0.3 is 11.1 Å². The van der Waals surface area contributed by atoms with Crippen LogP contribution in [0, 0.1) is 0 Å². The van der Waals surface area contributed by atoms with Crippen molar-refractivity contribution in [1.82, 2.24) is 14.6 Å². The predicted molar refractivity (Wildman–Crippen MR) is 55.9 cm³/mol. The Kier molecular flexibility index (Phi) is 2.55. The molecule has 0 saturated carbocycles. The van der Waals surface area contributed by atoms with Crippen molar-refractivity contribution in [3.05, 3.63) is 29.5 Å². The van der Waals surface area contributed by atoms with Crippen LogP contribution in [0.1, 0.15) is 5.69 Å². The normalized spacial score (nSPS) is 10.0. The maximum absolute atomic E-state index is 5.70. The molecule has 2 heterocycles. The number of rotatable bonds is 3. The summed E-state index contributed by atoms with van der Waals surface area (Å²) in [6, 6.07) is 1.83. The molecule has 0 radical (unpaired) electrons. The third kappa shape index (κ3) is 1.97. The fourth-order valence-corrected chi connectivity index (χ4v) is 1.47. The number of nitrogens with two attached hydrogens (primary N) is 1. The van der Waals surface area contributed by atoms with Crippen LogP contribution in [0.3, 0.4) is 0 Å². The minimum absolute atomic E-state index is 0.630. The Bertz CT molecular complexity index is 400. The molecule has 2 rings (SSSR count). The van der Waals surface area contributed by atoms with Crippen LogP contribution >= 0.6 is 11.5 Å². The quantitative estimate of drug-likeness (QED) is 0.788. The van der Waals surface area contributed by atoms with E-state index in [0.717, 1.165) is 11.4 Å². The Labute approximate surface area is 85.2 Å². The Morgan fingerprint density at radius 3 is 3.14 bits per heavy atom. The van der Waals surface area contributed by atoms with Crippen molar-refractivity contribution in [1.29, 1.82) is 0 Å². The molecule has 0 bridgehead atoms. The van der Waals surface area contributed by atoms with Crippen molar-refractivity contribution >= 4 is 22.9 Å². The molecule has 5 nitrogen and oxygen atoms in total. The zero-order chi connectivity index (χ0) is 9.80. The average molecular weight is 207 g/mol. The van der Waals surface area contributed by atoms with Crippen molar-refractivity contribution < 1.29 is 0 Å². The maximum Gasteiger partial charge on any atom is 0.0946 e. The third-order valence-corrected chi connectivity index (χ3v) is 2.27. The smallest absolute Gasteiger partial charge is 0.0946 e. The first-order valence-corrected chi connectivity index (χ1v) is 4.89. The molecule has 0 aliphatic carbocycles. The summed E-state index contributed by atoms with van der Waals surface area (Å²) >= 11 is 1.33. The fraction of sp³-hybridized carbons (Fsp3) is 0.125. The van der Waals surface area contributed by atoms with Gasteiger partial charge in [-0.25, -0.2) is 0 Å². The summed E-state index contributed by atoms with van der Waals surface area (Å²) in [5.74, 6) is 0. The summed E-state index contributed by atoms with van der Waals surface area (Å²) in [6.45, 7) is 0.630. The molecule has 3 N–H and O–H groups in total. The van der Waals surface area contributed by atoms with E-state index in [2.05, 4.69) is 19.9 Å². The largest absolute Gasteiger partial charge is 0.396 e. The zero-order valence-electron chi connectivity index (χ0n) is 7.34. The van der Waals surface area contributed by atoms with E-state index in [0.29, 0.717) is 12.2 Å². The van der Waals surface area contributed by atoms with Gasteiger partial charge in [-0.05, 0) is 17.6 Å². The number of pyridine rings is 1. The molecule has 2 aromatic heterocycles. The van der Waals surface area contributed by atoms with Gasteiger partial charge in [0.2, 0.25) is 0 Å². The summed E-state index contributed by atoms with van der Waals surface area (Å²) in [4.78, 5) is 3.90. The second-order valence-electron chi connectivity index (χ2n) is 2.71. The van der Waals surface area contributed by atoms with E-state index in [1.807, 2.05) is 11.4 Å². The highest BCUT2D eigenvalue weighted by Crippen LogP contribution is 2.15. The number of hydrogen-bond acceptors (Lipinski definition) is 6. The first-order valence-electron chi connectivity index (χ1n) is 4.05. The summed E-state index contributed by atoms with van der Waals surface area (Å²) in [6.07, 6.45) is 3.31. The number of nitrogen functional groups attached to an aromatic ring is 1. The van der Waals surface area contributed by atoms with Gasteiger partial charge in [-0.15, -0.1) is 5.10 Å². The summed E-state index contributed by atoms with van der Waals surface area (Å²) in [5, 5.41) is 8.96. The summed E-state index contributed by atoms with van der Waals surface area (Å²) in [5.41, 5.74) is 8.11. The van der Waals surface area contributed by atoms with E-state index in [4.69, 9.17) is 5.73 Å². The molecule has 0 amide bonds. The second-order valence-corrected chi connectivity index (χ2v) is 3.32. The molecule has 0 saturated heterocycles. The van der Waals surface area contributed by atoms with Gasteiger partial charge in [0, 0.05) is 11.6 Å². The van der Waals surface area contributed by atoms with Gasteiger partial charge in [0.15, 0.2) is 0 Å². The first kappa shape index (κ1) is 8.89. The van der Waals surface area contributed by atoms with Crippen LogP contribution in [-0.2, 0) is 6.54 Å². The Hall–Kier alpha value is -1.69. The highest BCUT2D eigenvalue weighted by molar-refractivity contribution is 7.03. The topological polar surface area (TPSA) is 76.7 Å². The van der Waals surface area contributed by atoms with Gasteiger partial charge in [-0.3, -0.25) is 4.98 Å². The van der Waals surface area contributed by atoms with Gasteiger partial charge in [0.25, 0.3) is 0 Å². The standard InChI is InChI=1S/C8H9N5S/c9-7-4-10-2-1-8(7)11-3-6-5-14-13-12-6/h1-2,4-5H,3,9H2,(H,10,11). The molecule has 0 aliphatic heterocycles. The van der Waals surface area contributed by atoms with Crippen molar-refractivity contribution in [2.24, 2.45) is 0 Å². The number of anilines is 2. The van der Waals surface area contributed by atoms with E-state index in [1.54, 1.807) is 12.4 Å². The Morgan fingerprint density at radius 2 is 2.43 bits per heavy atom. The highest BCUT2D eigenvalue weighted by atomic mass is 32.1. The average Bonchev–Trinajstić information content (AvgIpc) is 2.69. The second kappa shape index (κ2) is 4.01. The van der Waals surface area contributed by atoms with E-state index in [9.17, 15) is 0 Å². The molecular weight excluding hydrogens is 198 g/mol. The van der Waals surface area contributed by atoms with Gasteiger partial charge in [-0.2, -0.15) is 0 Å². The number of nitrogens with zero attached hydrogens (tertiary/aromatic N) is 3. The van der Waals surface area contributed by atoms with Crippen LogP contribution in [0.4, 0.5) is 11.4 Å². The van der Waals surface area contributed by atoms with Gasteiger partial charge in [0.1, 0.15) is 0 Å². The van der Waals surface area contributed by atoms with Crippen LogP contribution < -0.4 is 11.1 Å². The Balaban J connectivity index is 2.02. The van der Waals surface area contributed by atoms with Crippen molar-refractivity contribution in [2.75, 3.05) is 11.1 Å².